The van der Waals surface area contributed by atoms with Crippen molar-refractivity contribution in [1.29, 1.82) is 0 Å². The highest BCUT2D eigenvalue weighted by Gasteiger charge is 2.24. The number of carbonyl (C=O) groups excluding carboxylic acids is 1. The fourth-order valence-electron chi connectivity index (χ4n) is 2.94. The van der Waals surface area contributed by atoms with Crippen molar-refractivity contribution >= 4 is 17.5 Å². The Bertz CT molecular complexity index is 548. The number of rotatable bonds is 6. The highest BCUT2D eigenvalue weighted by molar-refractivity contribution is 6.31. The molecule has 1 fully saturated rings. The molecule has 5 heteroatoms. The number of halogens is 2. The van der Waals surface area contributed by atoms with Crippen LogP contribution in [0.25, 0.3) is 0 Å². The predicted molar refractivity (Wildman–Crippen MR) is 97.0 cm³/mol. The molecule has 2 N–H and O–H groups in total. The first-order valence-corrected chi connectivity index (χ1v) is 9.17. The molecule has 0 radical (unpaired) electrons. The maximum Gasteiger partial charge on any atom is 0.251 e. The zero-order valence-electron chi connectivity index (χ0n) is 14.8. The lowest BCUT2D eigenvalue weighted by Gasteiger charge is -2.32. The molecule has 1 aromatic carbocycles. The summed E-state index contributed by atoms with van der Waals surface area (Å²) in [5, 5.41) is 6.90. The van der Waals surface area contributed by atoms with Crippen molar-refractivity contribution in [3.05, 3.63) is 34.6 Å². The standard InChI is InChI=1S/C19H28ClFN2O/c1-4-19(2,3)12-22-16-5-7-17(8-6-16)23-18(24)13-9-14(20)11-15(21)10-13/h9-11,16-17,22H,4-8,12H2,1-3H3,(H,23,24). The van der Waals surface area contributed by atoms with E-state index < -0.39 is 5.82 Å². The maximum absolute atomic E-state index is 13.4. The van der Waals surface area contributed by atoms with Gasteiger partial charge in [-0.05, 0) is 55.7 Å². The van der Waals surface area contributed by atoms with Crippen molar-refractivity contribution in [2.24, 2.45) is 5.41 Å². The molecular weight excluding hydrogens is 327 g/mol. The highest BCUT2D eigenvalue weighted by atomic mass is 35.5. The van der Waals surface area contributed by atoms with Crippen LogP contribution in [0.3, 0.4) is 0 Å². The minimum atomic E-state index is -0.487. The number of carbonyl (C=O) groups is 1. The van der Waals surface area contributed by atoms with E-state index in [1.807, 2.05) is 0 Å². The van der Waals surface area contributed by atoms with Crippen LogP contribution in [0.5, 0.6) is 0 Å². The van der Waals surface area contributed by atoms with Crippen LogP contribution in [0.1, 0.15) is 63.2 Å². The van der Waals surface area contributed by atoms with Crippen molar-refractivity contribution in [2.75, 3.05) is 6.54 Å². The molecule has 0 aromatic heterocycles. The summed E-state index contributed by atoms with van der Waals surface area (Å²) < 4.78 is 13.4. The predicted octanol–water partition coefficient (Wildman–Crippen LogP) is 4.55. The Hall–Kier alpha value is -1.13. The maximum atomic E-state index is 13.4. The molecule has 1 amide bonds. The van der Waals surface area contributed by atoms with E-state index in [-0.39, 0.29) is 22.5 Å². The number of hydrogen-bond donors (Lipinski definition) is 2. The van der Waals surface area contributed by atoms with E-state index >= 15 is 0 Å². The quantitative estimate of drug-likeness (QED) is 0.787. The van der Waals surface area contributed by atoms with E-state index in [4.69, 9.17) is 11.6 Å². The van der Waals surface area contributed by atoms with Crippen LogP contribution in [0.15, 0.2) is 18.2 Å². The summed E-state index contributed by atoms with van der Waals surface area (Å²) >= 11 is 5.81. The number of nitrogens with one attached hydrogen (secondary N) is 2. The molecule has 1 aliphatic rings. The van der Waals surface area contributed by atoms with Crippen molar-refractivity contribution < 1.29 is 9.18 Å². The van der Waals surface area contributed by atoms with Crippen molar-refractivity contribution in [3.8, 4) is 0 Å². The van der Waals surface area contributed by atoms with Crippen LogP contribution in [0.2, 0.25) is 5.02 Å². The van der Waals surface area contributed by atoms with Crippen LogP contribution < -0.4 is 10.6 Å². The second kappa shape index (κ2) is 8.30. The summed E-state index contributed by atoms with van der Waals surface area (Å²) in [4.78, 5) is 12.2. The summed E-state index contributed by atoms with van der Waals surface area (Å²) in [5.74, 6) is -0.737. The molecule has 1 aromatic rings. The second-order valence-electron chi connectivity index (χ2n) is 7.58. The zero-order chi connectivity index (χ0) is 17.7. The third-order valence-electron chi connectivity index (χ3n) is 5.01. The molecule has 134 valence electrons. The molecule has 2 rings (SSSR count). The highest BCUT2D eigenvalue weighted by Crippen LogP contribution is 2.23. The summed E-state index contributed by atoms with van der Waals surface area (Å²) in [7, 11) is 0. The Kier molecular flexibility index (Phi) is 6.64. The lowest BCUT2D eigenvalue weighted by atomic mass is 9.87. The Morgan fingerprint density at radius 2 is 1.83 bits per heavy atom. The largest absolute Gasteiger partial charge is 0.349 e. The number of benzene rings is 1. The molecule has 0 aliphatic heterocycles. The van der Waals surface area contributed by atoms with Gasteiger partial charge in [0, 0.05) is 29.2 Å². The topological polar surface area (TPSA) is 41.1 Å². The molecule has 0 unspecified atom stereocenters. The van der Waals surface area contributed by atoms with E-state index in [2.05, 4.69) is 31.4 Å². The van der Waals surface area contributed by atoms with E-state index in [0.717, 1.165) is 38.6 Å². The number of hydrogen-bond acceptors (Lipinski definition) is 2. The molecular formula is C19H28ClFN2O. The average molecular weight is 355 g/mol. The third kappa shape index (κ3) is 5.75. The van der Waals surface area contributed by atoms with Gasteiger partial charge in [0.15, 0.2) is 0 Å². The molecule has 0 spiro atoms. The Balaban J connectivity index is 1.79. The molecule has 0 atom stereocenters. The van der Waals surface area contributed by atoms with Gasteiger partial charge >= 0.3 is 0 Å². The second-order valence-corrected chi connectivity index (χ2v) is 8.02. The smallest absolute Gasteiger partial charge is 0.251 e. The van der Waals surface area contributed by atoms with Crippen molar-refractivity contribution in [3.63, 3.8) is 0 Å². The van der Waals surface area contributed by atoms with Crippen LogP contribution in [0.4, 0.5) is 4.39 Å². The first-order valence-electron chi connectivity index (χ1n) is 8.79. The molecule has 1 saturated carbocycles. The average Bonchev–Trinajstić information content (AvgIpc) is 2.53. The Labute approximate surface area is 149 Å². The van der Waals surface area contributed by atoms with Gasteiger partial charge in [0.25, 0.3) is 5.91 Å². The van der Waals surface area contributed by atoms with Crippen LogP contribution >= 0.6 is 11.6 Å². The first-order chi connectivity index (χ1) is 11.3. The van der Waals surface area contributed by atoms with Crippen molar-refractivity contribution in [1.82, 2.24) is 10.6 Å². The van der Waals surface area contributed by atoms with E-state index in [0.29, 0.717) is 11.5 Å². The Morgan fingerprint density at radius 3 is 2.42 bits per heavy atom. The van der Waals surface area contributed by atoms with Gasteiger partial charge in [-0.1, -0.05) is 32.4 Å². The molecule has 0 bridgehead atoms. The third-order valence-corrected chi connectivity index (χ3v) is 5.23. The molecule has 0 saturated heterocycles. The van der Waals surface area contributed by atoms with Crippen LogP contribution in [0, 0.1) is 11.2 Å². The van der Waals surface area contributed by atoms with Gasteiger partial charge in [-0.25, -0.2) is 4.39 Å². The van der Waals surface area contributed by atoms with Crippen LogP contribution in [-0.2, 0) is 0 Å². The SMILES string of the molecule is CCC(C)(C)CNC1CCC(NC(=O)c2cc(F)cc(Cl)c2)CC1. The van der Waals surface area contributed by atoms with Gasteiger partial charge in [0.1, 0.15) is 5.82 Å². The minimum Gasteiger partial charge on any atom is -0.349 e. The van der Waals surface area contributed by atoms with Gasteiger partial charge < -0.3 is 10.6 Å². The van der Waals surface area contributed by atoms with Gasteiger partial charge in [-0.2, -0.15) is 0 Å². The summed E-state index contributed by atoms with van der Waals surface area (Å²) in [6.07, 6.45) is 5.14. The Morgan fingerprint density at radius 1 is 1.21 bits per heavy atom. The monoisotopic (exact) mass is 354 g/mol. The summed E-state index contributed by atoms with van der Waals surface area (Å²) in [5.41, 5.74) is 0.604. The summed E-state index contributed by atoms with van der Waals surface area (Å²) in [6, 6.07) is 4.60. The normalized spacial score (nSPS) is 21.5. The molecule has 24 heavy (non-hydrogen) atoms. The fourth-order valence-corrected chi connectivity index (χ4v) is 3.16. The summed E-state index contributed by atoms with van der Waals surface area (Å²) in [6.45, 7) is 7.78. The fraction of sp³-hybridized carbons (Fsp3) is 0.632. The molecule has 1 aliphatic carbocycles. The zero-order valence-corrected chi connectivity index (χ0v) is 15.5. The minimum absolute atomic E-state index is 0.150. The lowest BCUT2D eigenvalue weighted by molar-refractivity contribution is 0.0923. The van der Waals surface area contributed by atoms with Gasteiger partial charge in [0.2, 0.25) is 0 Å². The van der Waals surface area contributed by atoms with E-state index in [9.17, 15) is 9.18 Å². The molecule has 0 heterocycles. The van der Waals surface area contributed by atoms with Gasteiger partial charge in [0.05, 0.1) is 0 Å². The van der Waals surface area contributed by atoms with Gasteiger partial charge in [-0.3, -0.25) is 4.79 Å². The lowest BCUT2D eigenvalue weighted by Crippen LogP contribution is -2.44. The van der Waals surface area contributed by atoms with Crippen LogP contribution in [-0.4, -0.2) is 24.5 Å². The van der Waals surface area contributed by atoms with E-state index in [1.54, 1.807) is 0 Å². The van der Waals surface area contributed by atoms with E-state index in [1.165, 1.54) is 18.2 Å². The molecule has 3 nitrogen and oxygen atoms in total. The van der Waals surface area contributed by atoms with Crippen molar-refractivity contribution in [2.45, 2.75) is 65.0 Å². The first kappa shape index (κ1) is 19.2. The van der Waals surface area contributed by atoms with Gasteiger partial charge in [-0.15, -0.1) is 0 Å². The number of amides is 1.